The van der Waals surface area contributed by atoms with E-state index in [0.29, 0.717) is 38.0 Å². The van der Waals surface area contributed by atoms with Gasteiger partial charge in [-0.25, -0.2) is 4.68 Å². The molecule has 150 valence electrons. The Morgan fingerprint density at radius 2 is 1.93 bits per heavy atom. The number of aliphatic hydroxyl groups is 2. The average Bonchev–Trinajstić information content (AvgIpc) is 3.07. The lowest BCUT2D eigenvalue weighted by Gasteiger charge is -2.49. The second kappa shape index (κ2) is 6.88. The van der Waals surface area contributed by atoms with Gasteiger partial charge >= 0.3 is 0 Å². The number of nitrogens with one attached hydrogen (secondary N) is 1. The van der Waals surface area contributed by atoms with Gasteiger partial charge in [-0.05, 0) is 31.9 Å². The van der Waals surface area contributed by atoms with Crippen LogP contribution in [0.15, 0.2) is 41.2 Å². The Hall–Kier alpha value is -2.42. The molecule has 2 atom stereocenters. The molecular weight excluding hydrogens is 362 g/mol. The number of aromatic amines is 1. The van der Waals surface area contributed by atoms with E-state index in [0.717, 1.165) is 0 Å². The molecule has 1 aromatic carbocycles. The first-order valence-electron chi connectivity index (χ1n) is 9.51. The van der Waals surface area contributed by atoms with E-state index in [2.05, 4.69) is 5.10 Å². The van der Waals surface area contributed by atoms with Crippen LogP contribution in [0.1, 0.15) is 36.7 Å². The van der Waals surface area contributed by atoms with Crippen LogP contribution in [0.5, 0.6) is 0 Å². The number of ether oxygens (including phenoxy) is 1. The number of nitrogens with zero attached hydrogens (tertiary/aromatic N) is 2. The van der Waals surface area contributed by atoms with E-state index in [4.69, 9.17) is 4.74 Å². The lowest BCUT2D eigenvalue weighted by molar-refractivity contribution is -0.221. The molecule has 0 unspecified atom stereocenters. The summed E-state index contributed by atoms with van der Waals surface area (Å²) in [5, 5.41) is 23.2. The number of piperidine rings is 1. The molecule has 8 nitrogen and oxygen atoms in total. The lowest BCUT2D eigenvalue weighted by atomic mass is 9.76. The van der Waals surface area contributed by atoms with Crippen LogP contribution in [0.25, 0.3) is 5.69 Å². The highest BCUT2D eigenvalue weighted by Gasteiger charge is 2.49. The molecule has 2 aliphatic heterocycles. The van der Waals surface area contributed by atoms with Crippen molar-refractivity contribution in [3.63, 3.8) is 0 Å². The van der Waals surface area contributed by atoms with Gasteiger partial charge in [0.15, 0.2) is 0 Å². The van der Waals surface area contributed by atoms with Crippen molar-refractivity contribution in [2.45, 2.75) is 43.5 Å². The van der Waals surface area contributed by atoms with Gasteiger partial charge in [-0.15, -0.1) is 0 Å². The van der Waals surface area contributed by atoms with Gasteiger partial charge in [0, 0.05) is 25.6 Å². The maximum absolute atomic E-state index is 12.9. The molecule has 3 N–H and O–H groups in total. The first-order chi connectivity index (χ1) is 13.3. The van der Waals surface area contributed by atoms with Crippen molar-refractivity contribution in [1.82, 2.24) is 14.7 Å². The molecule has 0 saturated carbocycles. The number of rotatable bonds is 2. The van der Waals surface area contributed by atoms with Gasteiger partial charge in [-0.2, -0.15) is 0 Å². The van der Waals surface area contributed by atoms with E-state index in [1.54, 1.807) is 24.0 Å². The molecule has 1 amide bonds. The fraction of sp³-hybridized carbons (Fsp3) is 0.500. The van der Waals surface area contributed by atoms with Crippen LogP contribution in [0.4, 0.5) is 0 Å². The minimum absolute atomic E-state index is 0.0915. The van der Waals surface area contributed by atoms with Gasteiger partial charge in [0.2, 0.25) is 0 Å². The number of aliphatic hydroxyl groups excluding tert-OH is 1. The summed E-state index contributed by atoms with van der Waals surface area (Å²) in [4.78, 5) is 26.8. The monoisotopic (exact) mass is 387 g/mol. The number of amides is 1. The van der Waals surface area contributed by atoms with Crippen molar-refractivity contribution < 1.29 is 19.7 Å². The van der Waals surface area contributed by atoms with Crippen molar-refractivity contribution in [3.8, 4) is 5.69 Å². The SMILES string of the molecule is C[C@]1(O)CC2(CCN(C(=O)c3cc(=O)n(-c4ccccc4)[nH]3)CC2)OC[C@@H]1O. The Balaban J connectivity index is 1.46. The molecule has 2 saturated heterocycles. The Kier molecular flexibility index (Phi) is 4.65. The fourth-order valence-electron chi connectivity index (χ4n) is 4.14. The molecule has 0 aliphatic carbocycles. The minimum atomic E-state index is -1.19. The Bertz CT molecular complexity index is 909. The number of hydrogen-bond acceptors (Lipinski definition) is 5. The number of para-hydroxylation sites is 1. The van der Waals surface area contributed by atoms with Crippen LogP contribution >= 0.6 is 0 Å². The summed E-state index contributed by atoms with van der Waals surface area (Å²) in [5.74, 6) is -0.232. The van der Waals surface area contributed by atoms with Crippen molar-refractivity contribution in [2.75, 3.05) is 19.7 Å². The zero-order valence-corrected chi connectivity index (χ0v) is 15.8. The summed E-state index contributed by atoms with van der Waals surface area (Å²) in [6.45, 7) is 2.64. The summed E-state index contributed by atoms with van der Waals surface area (Å²) >= 11 is 0. The summed E-state index contributed by atoms with van der Waals surface area (Å²) in [5.41, 5.74) is -1.09. The van der Waals surface area contributed by atoms with Gasteiger partial charge in [0.1, 0.15) is 11.8 Å². The molecular formula is C20H25N3O5. The average molecular weight is 387 g/mol. The maximum atomic E-state index is 12.9. The maximum Gasteiger partial charge on any atom is 0.271 e. The number of benzene rings is 1. The van der Waals surface area contributed by atoms with E-state index in [1.807, 2.05) is 18.2 Å². The minimum Gasteiger partial charge on any atom is -0.388 e. The third-order valence-corrected chi connectivity index (χ3v) is 5.87. The van der Waals surface area contributed by atoms with E-state index < -0.39 is 17.3 Å². The molecule has 2 aliphatic rings. The highest BCUT2D eigenvalue weighted by molar-refractivity contribution is 5.92. The van der Waals surface area contributed by atoms with Crippen LogP contribution in [0.2, 0.25) is 0 Å². The molecule has 4 rings (SSSR count). The van der Waals surface area contributed by atoms with Gasteiger partial charge in [0.25, 0.3) is 11.5 Å². The largest absolute Gasteiger partial charge is 0.388 e. The van der Waals surface area contributed by atoms with Crippen LogP contribution in [-0.4, -0.2) is 67.8 Å². The standard InChI is InChI=1S/C20H25N3O5/c1-19(27)13-20(28-12-16(19)24)7-9-22(10-8-20)18(26)15-11-17(25)23(21-15)14-5-3-2-4-6-14/h2-6,11,16,21,24,27H,7-10,12-13H2,1H3/t16-,19-/m0/s1. The van der Waals surface area contributed by atoms with E-state index in [-0.39, 0.29) is 23.8 Å². The number of carbonyl (C=O) groups is 1. The molecule has 3 heterocycles. The predicted octanol–water partition coefficient (Wildman–Crippen LogP) is 0.673. The first kappa shape index (κ1) is 18.9. The number of carbonyl (C=O) groups excluding carboxylic acids is 1. The molecule has 1 spiro atoms. The van der Waals surface area contributed by atoms with Crippen molar-refractivity contribution in [2.24, 2.45) is 0 Å². The smallest absolute Gasteiger partial charge is 0.271 e. The quantitative estimate of drug-likeness (QED) is 0.702. The molecule has 0 bridgehead atoms. The third-order valence-electron chi connectivity index (χ3n) is 5.87. The van der Waals surface area contributed by atoms with Gasteiger partial charge < -0.3 is 19.8 Å². The van der Waals surface area contributed by atoms with Gasteiger partial charge in [0.05, 0.1) is 23.5 Å². The van der Waals surface area contributed by atoms with E-state index in [1.165, 1.54) is 10.7 Å². The molecule has 8 heteroatoms. The predicted molar refractivity (Wildman–Crippen MR) is 101 cm³/mol. The molecule has 2 fully saturated rings. The number of aromatic nitrogens is 2. The van der Waals surface area contributed by atoms with Crippen LogP contribution < -0.4 is 5.56 Å². The van der Waals surface area contributed by atoms with Crippen LogP contribution in [0, 0.1) is 0 Å². The molecule has 28 heavy (non-hydrogen) atoms. The van der Waals surface area contributed by atoms with Crippen molar-refractivity contribution in [1.29, 1.82) is 0 Å². The van der Waals surface area contributed by atoms with Crippen LogP contribution in [0.3, 0.4) is 0 Å². The Morgan fingerprint density at radius 1 is 1.25 bits per heavy atom. The summed E-state index contributed by atoms with van der Waals surface area (Å²) in [6.07, 6.45) is 0.585. The molecule has 0 radical (unpaired) electrons. The zero-order valence-electron chi connectivity index (χ0n) is 15.8. The topological polar surface area (TPSA) is 108 Å². The number of hydrogen-bond donors (Lipinski definition) is 3. The van der Waals surface area contributed by atoms with E-state index >= 15 is 0 Å². The van der Waals surface area contributed by atoms with Gasteiger partial charge in [-0.3, -0.25) is 14.7 Å². The molecule has 1 aromatic heterocycles. The second-order valence-electron chi connectivity index (χ2n) is 8.01. The summed E-state index contributed by atoms with van der Waals surface area (Å²) in [6, 6.07) is 10.4. The highest BCUT2D eigenvalue weighted by Crippen LogP contribution is 2.39. The Labute approximate surface area is 162 Å². The van der Waals surface area contributed by atoms with Gasteiger partial charge in [-0.1, -0.05) is 18.2 Å². The van der Waals surface area contributed by atoms with Crippen molar-refractivity contribution >= 4 is 5.91 Å². The highest BCUT2D eigenvalue weighted by atomic mass is 16.5. The zero-order chi connectivity index (χ0) is 19.9. The second-order valence-corrected chi connectivity index (χ2v) is 8.01. The first-order valence-corrected chi connectivity index (χ1v) is 9.51. The molecule has 2 aromatic rings. The van der Waals surface area contributed by atoms with Crippen LogP contribution in [-0.2, 0) is 4.74 Å². The lowest BCUT2D eigenvalue weighted by Crippen LogP contribution is -2.59. The number of H-pyrrole nitrogens is 1. The fourth-order valence-corrected chi connectivity index (χ4v) is 4.14. The summed E-state index contributed by atoms with van der Waals surface area (Å²) in [7, 11) is 0. The third kappa shape index (κ3) is 3.39. The normalized spacial score (nSPS) is 27.1. The van der Waals surface area contributed by atoms with Crippen molar-refractivity contribution in [3.05, 3.63) is 52.4 Å². The number of likely N-dealkylation sites (tertiary alicyclic amines) is 1. The van der Waals surface area contributed by atoms with E-state index in [9.17, 15) is 19.8 Å². The Morgan fingerprint density at radius 3 is 2.57 bits per heavy atom. The summed E-state index contributed by atoms with van der Waals surface area (Å²) < 4.78 is 7.21.